The zero-order chi connectivity index (χ0) is 8.10. The van der Waals surface area contributed by atoms with E-state index in [4.69, 9.17) is 0 Å². The van der Waals surface area contributed by atoms with Gasteiger partial charge in [-0.2, -0.15) is 0 Å². The maximum atomic E-state index is 4.19. The monoisotopic (exact) mass is 151 g/mol. The van der Waals surface area contributed by atoms with Gasteiger partial charge in [0.1, 0.15) is 5.82 Å². The SMILES string of the molecule is CCNc1cnc(CC)cn1. The van der Waals surface area contributed by atoms with Gasteiger partial charge in [-0.05, 0) is 13.3 Å². The van der Waals surface area contributed by atoms with E-state index in [1.54, 1.807) is 12.4 Å². The molecule has 0 aliphatic heterocycles. The van der Waals surface area contributed by atoms with Gasteiger partial charge in [0.2, 0.25) is 0 Å². The molecule has 0 saturated heterocycles. The normalized spacial score (nSPS) is 9.64. The third kappa shape index (κ3) is 2.18. The molecule has 1 aromatic rings. The summed E-state index contributed by atoms with van der Waals surface area (Å²) < 4.78 is 0. The Balaban J connectivity index is 2.66. The molecule has 0 radical (unpaired) electrons. The molecule has 0 atom stereocenters. The molecule has 1 aromatic heterocycles. The maximum absolute atomic E-state index is 4.19. The van der Waals surface area contributed by atoms with E-state index < -0.39 is 0 Å². The minimum atomic E-state index is 0.852. The topological polar surface area (TPSA) is 37.8 Å². The second kappa shape index (κ2) is 3.91. The molecule has 0 aliphatic carbocycles. The van der Waals surface area contributed by atoms with Crippen molar-refractivity contribution in [2.45, 2.75) is 20.3 Å². The van der Waals surface area contributed by atoms with Crippen molar-refractivity contribution in [3.63, 3.8) is 0 Å². The summed E-state index contributed by atoms with van der Waals surface area (Å²) in [4.78, 5) is 8.36. The Labute approximate surface area is 66.9 Å². The Morgan fingerprint density at radius 1 is 1.27 bits per heavy atom. The largest absolute Gasteiger partial charge is 0.369 e. The second-order valence-corrected chi connectivity index (χ2v) is 2.28. The van der Waals surface area contributed by atoms with Crippen LogP contribution in [0.2, 0.25) is 0 Å². The zero-order valence-electron chi connectivity index (χ0n) is 6.96. The highest BCUT2D eigenvalue weighted by atomic mass is 15.0. The van der Waals surface area contributed by atoms with E-state index in [1.807, 2.05) is 6.92 Å². The number of hydrogen-bond donors (Lipinski definition) is 1. The van der Waals surface area contributed by atoms with Gasteiger partial charge in [0.25, 0.3) is 0 Å². The van der Waals surface area contributed by atoms with E-state index in [0.717, 1.165) is 24.5 Å². The summed E-state index contributed by atoms with van der Waals surface area (Å²) in [5, 5.41) is 3.09. The number of rotatable bonds is 3. The molecular weight excluding hydrogens is 138 g/mol. The lowest BCUT2D eigenvalue weighted by molar-refractivity contribution is 0.993. The Bertz CT molecular complexity index is 205. The van der Waals surface area contributed by atoms with Crippen LogP contribution in [0.25, 0.3) is 0 Å². The van der Waals surface area contributed by atoms with E-state index >= 15 is 0 Å². The summed E-state index contributed by atoms with van der Waals surface area (Å²) in [7, 11) is 0. The molecule has 11 heavy (non-hydrogen) atoms. The first-order chi connectivity index (χ1) is 5.36. The standard InChI is InChI=1S/C8H13N3/c1-3-7-5-11-8(6-10-7)9-4-2/h5-6H,3-4H2,1-2H3,(H,9,11). The summed E-state index contributed by atoms with van der Waals surface area (Å²) >= 11 is 0. The maximum Gasteiger partial charge on any atom is 0.144 e. The minimum Gasteiger partial charge on any atom is -0.369 e. The first kappa shape index (κ1) is 7.98. The number of anilines is 1. The van der Waals surface area contributed by atoms with Gasteiger partial charge in [-0.3, -0.25) is 4.98 Å². The van der Waals surface area contributed by atoms with Crippen molar-refractivity contribution in [3.8, 4) is 0 Å². The Hall–Kier alpha value is -1.12. The van der Waals surface area contributed by atoms with Gasteiger partial charge >= 0.3 is 0 Å². The Kier molecular flexibility index (Phi) is 2.83. The third-order valence-corrected chi connectivity index (χ3v) is 1.43. The summed E-state index contributed by atoms with van der Waals surface area (Å²) in [5.41, 5.74) is 1.03. The quantitative estimate of drug-likeness (QED) is 0.710. The molecule has 1 heterocycles. The van der Waals surface area contributed by atoms with Gasteiger partial charge in [0, 0.05) is 6.54 Å². The molecule has 3 heteroatoms. The lowest BCUT2D eigenvalue weighted by Gasteiger charge is -2.00. The van der Waals surface area contributed by atoms with Crippen LogP contribution in [0.3, 0.4) is 0 Å². The summed E-state index contributed by atoms with van der Waals surface area (Å²) in [6.07, 6.45) is 4.51. The lowest BCUT2D eigenvalue weighted by atomic mass is 10.4. The molecule has 1 N–H and O–H groups in total. The molecule has 0 spiro atoms. The van der Waals surface area contributed by atoms with Crippen LogP contribution in [0.5, 0.6) is 0 Å². The van der Waals surface area contributed by atoms with Gasteiger partial charge < -0.3 is 5.32 Å². The number of hydrogen-bond acceptors (Lipinski definition) is 3. The van der Waals surface area contributed by atoms with E-state index in [9.17, 15) is 0 Å². The number of nitrogens with zero attached hydrogens (tertiary/aromatic N) is 2. The second-order valence-electron chi connectivity index (χ2n) is 2.28. The molecule has 0 bridgehead atoms. The third-order valence-electron chi connectivity index (χ3n) is 1.43. The molecular formula is C8H13N3. The van der Waals surface area contributed by atoms with E-state index in [-0.39, 0.29) is 0 Å². The molecule has 0 aromatic carbocycles. The fraction of sp³-hybridized carbons (Fsp3) is 0.500. The van der Waals surface area contributed by atoms with Crippen molar-refractivity contribution in [2.75, 3.05) is 11.9 Å². The lowest BCUT2D eigenvalue weighted by Crippen LogP contribution is -2.00. The summed E-state index contributed by atoms with van der Waals surface area (Å²) in [6.45, 7) is 4.99. The van der Waals surface area contributed by atoms with Crippen molar-refractivity contribution in [2.24, 2.45) is 0 Å². The molecule has 1 rings (SSSR count). The fourth-order valence-electron chi connectivity index (χ4n) is 0.810. The predicted molar refractivity (Wildman–Crippen MR) is 45.6 cm³/mol. The molecule has 0 aliphatic rings. The van der Waals surface area contributed by atoms with Crippen LogP contribution >= 0.6 is 0 Å². The van der Waals surface area contributed by atoms with Crippen LogP contribution in [0.15, 0.2) is 12.4 Å². The zero-order valence-corrected chi connectivity index (χ0v) is 6.96. The molecule has 3 nitrogen and oxygen atoms in total. The van der Waals surface area contributed by atoms with E-state index in [1.165, 1.54) is 0 Å². The van der Waals surface area contributed by atoms with Crippen molar-refractivity contribution in [1.29, 1.82) is 0 Å². The van der Waals surface area contributed by atoms with Crippen molar-refractivity contribution < 1.29 is 0 Å². The fourth-order valence-corrected chi connectivity index (χ4v) is 0.810. The molecule has 0 unspecified atom stereocenters. The van der Waals surface area contributed by atoms with Crippen LogP contribution in [0, 0.1) is 0 Å². The average molecular weight is 151 g/mol. The van der Waals surface area contributed by atoms with Crippen molar-refractivity contribution >= 4 is 5.82 Å². The summed E-state index contributed by atoms with van der Waals surface area (Å²) in [6, 6.07) is 0. The van der Waals surface area contributed by atoms with Crippen LogP contribution < -0.4 is 5.32 Å². The van der Waals surface area contributed by atoms with Gasteiger partial charge in [0.05, 0.1) is 18.1 Å². The molecule has 0 saturated carbocycles. The van der Waals surface area contributed by atoms with E-state index in [0.29, 0.717) is 0 Å². The minimum absolute atomic E-state index is 0.852. The molecule has 0 fully saturated rings. The van der Waals surface area contributed by atoms with Crippen molar-refractivity contribution in [3.05, 3.63) is 18.1 Å². The summed E-state index contributed by atoms with van der Waals surface area (Å²) in [5.74, 6) is 0.852. The van der Waals surface area contributed by atoms with Crippen LogP contribution in [-0.2, 0) is 6.42 Å². The average Bonchev–Trinajstić information content (AvgIpc) is 2.07. The molecule has 0 amide bonds. The number of nitrogens with one attached hydrogen (secondary N) is 1. The Morgan fingerprint density at radius 3 is 2.55 bits per heavy atom. The van der Waals surface area contributed by atoms with Gasteiger partial charge in [-0.25, -0.2) is 4.98 Å². The highest BCUT2D eigenvalue weighted by Crippen LogP contribution is 2.00. The Morgan fingerprint density at radius 2 is 2.09 bits per heavy atom. The van der Waals surface area contributed by atoms with Crippen LogP contribution in [-0.4, -0.2) is 16.5 Å². The van der Waals surface area contributed by atoms with Gasteiger partial charge in [0.15, 0.2) is 0 Å². The van der Waals surface area contributed by atoms with E-state index in [2.05, 4.69) is 22.2 Å². The number of aromatic nitrogens is 2. The first-order valence-electron chi connectivity index (χ1n) is 3.91. The van der Waals surface area contributed by atoms with Crippen LogP contribution in [0.1, 0.15) is 19.5 Å². The predicted octanol–water partition coefficient (Wildman–Crippen LogP) is 1.47. The molecule has 60 valence electrons. The smallest absolute Gasteiger partial charge is 0.144 e. The van der Waals surface area contributed by atoms with Crippen molar-refractivity contribution in [1.82, 2.24) is 9.97 Å². The number of aryl methyl sites for hydroxylation is 1. The van der Waals surface area contributed by atoms with Crippen LogP contribution in [0.4, 0.5) is 5.82 Å². The first-order valence-corrected chi connectivity index (χ1v) is 3.91. The van der Waals surface area contributed by atoms with Gasteiger partial charge in [-0.1, -0.05) is 6.92 Å². The van der Waals surface area contributed by atoms with Gasteiger partial charge in [-0.15, -0.1) is 0 Å². The highest BCUT2D eigenvalue weighted by Gasteiger charge is 1.92. The highest BCUT2D eigenvalue weighted by molar-refractivity contribution is 5.30.